The van der Waals surface area contributed by atoms with Crippen LogP contribution in [0.15, 0.2) is 48.5 Å². The van der Waals surface area contributed by atoms with Gasteiger partial charge in [0.15, 0.2) is 5.13 Å². The number of alkyl halides is 3. The molecule has 0 radical (unpaired) electrons. The molecule has 1 fully saturated rings. The van der Waals surface area contributed by atoms with E-state index in [9.17, 15) is 26.4 Å². The molecule has 0 saturated heterocycles. The maximum absolute atomic E-state index is 12.7. The van der Waals surface area contributed by atoms with Gasteiger partial charge in [-0.2, -0.15) is 0 Å². The van der Waals surface area contributed by atoms with Crippen LogP contribution in [0.1, 0.15) is 39.3 Å². The molecule has 1 N–H and O–H groups in total. The highest BCUT2D eigenvalue weighted by atomic mass is 35.5. The predicted octanol–water partition coefficient (Wildman–Crippen LogP) is 5.47. The lowest BCUT2D eigenvalue weighted by atomic mass is 10.1. The largest absolute Gasteiger partial charge is 0.573 e. The Morgan fingerprint density at radius 1 is 1.14 bits per heavy atom. The molecule has 7 nitrogen and oxygen atoms in total. The summed E-state index contributed by atoms with van der Waals surface area (Å²) < 4.78 is 68.0. The van der Waals surface area contributed by atoms with Crippen LogP contribution in [0.25, 0.3) is 0 Å². The van der Waals surface area contributed by atoms with E-state index in [4.69, 9.17) is 11.6 Å². The molecule has 1 amide bonds. The number of nitrogens with zero attached hydrogens (tertiary/aromatic N) is 2. The molecule has 1 saturated carbocycles. The normalized spacial score (nSPS) is 13.9. The molecular formula is C24H23ClF3N3O4S2. The number of hydrogen-bond acceptors (Lipinski definition) is 7. The molecule has 13 heteroatoms. The van der Waals surface area contributed by atoms with Gasteiger partial charge in [0, 0.05) is 23.0 Å². The Balaban J connectivity index is 1.55. The number of nitrogens with one attached hydrogen (secondary N) is 1. The van der Waals surface area contributed by atoms with Crippen molar-refractivity contribution in [1.29, 1.82) is 0 Å². The third kappa shape index (κ3) is 7.59. The van der Waals surface area contributed by atoms with Crippen molar-refractivity contribution < 1.29 is 31.1 Å². The number of amides is 1. The Hall–Kier alpha value is -2.83. The van der Waals surface area contributed by atoms with Crippen molar-refractivity contribution in [3.63, 3.8) is 0 Å². The number of carbonyl (C=O) groups is 1. The van der Waals surface area contributed by atoms with Crippen molar-refractivity contribution in [2.75, 3.05) is 11.4 Å². The minimum absolute atomic E-state index is 0.0228. The smallest absolute Gasteiger partial charge is 0.406 e. The molecule has 1 heterocycles. The lowest BCUT2D eigenvalue weighted by Crippen LogP contribution is -2.34. The van der Waals surface area contributed by atoms with Gasteiger partial charge in [0.1, 0.15) is 11.4 Å². The topological polar surface area (TPSA) is 88.6 Å². The molecule has 0 atom stereocenters. The highest BCUT2D eigenvalue weighted by Gasteiger charge is 2.37. The molecular weight excluding hydrogens is 551 g/mol. The van der Waals surface area contributed by atoms with E-state index in [1.165, 1.54) is 35.6 Å². The van der Waals surface area contributed by atoms with E-state index in [1.807, 2.05) is 17.0 Å². The second-order valence-electron chi connectivity index (χ2n) is 8.57. The van der Waals surface area contributed by atoms with Gasteiger partial charge in [-0.05, 0) is 61.6 Å². The zero-order valence-electron chi connectivity index (χ0n) is 19.6. The fraction of sp³-hybridized carbons (Fsp3) is 0.333. The van der Waals surface area contributed by atoms with Crippen molar-refractivity contribution in [3.8, 4) is 5.75 Å². The fourth-order valence-electron chi connectivity index (χ4n) is 3.54. The summed E-state index contributed by atoms with van der Waals surface area (Å²) in [6.07, 6.45) is -3.14. The average Bonchev–Trinajstić information content (AvgIpc) is 3.61. The first-order valence-electron chi connectivity index (χ1n) is 11.3. The molecule has 0 spiro atoms. The van der Waals surface area contributed by atoms with Crippen LogP contribution in [0.3, 0.4) is 0 Å². The van der Waals surface area contributed by atoms with Crippen LogP contribution in [-0.2, 0) is 23.0 Å². The molecule has 0 aliphatic heterocycles. The van der Waals surface area contributed by atoms with Crippen molar-refractivity contribution in [3.05, 3.63) is 75.3 Å². The van der Waals surface area contributed by atoms with Gasteiger partial charge in [-0.15, -0.1) is 24.5 Å². The molecule has 2 aromatic carbocycles. The first-order valence-corrected chi connectivity index (χ1v) is 14.0. The van der Waals surface area contributed by atoms with E-state index in [2.05, 4.69) is 14.4 Å². The zero-order valence-corrected chi connectivity index (χ0v) is 22.0. The van der Waals surface area contributed by atoms with Crippen molar-refractivity contribution >= 4 is 44.0 Å². The number of aromatic nitrogens is 1. The Kier molecular flexibility index (Phi) is 8.00. The van der Waals surface area contributed by atoms with Gasteiger partial charge >= 0.3 is 6.36 Å². The quantitative estimate of drug-likeness (QED) is 0.346. The van der Waals surface area contributed by atoms with Crippen LogP contribution in [-0.4, -0.2) is 37.5 Å². The maximum atomic E-state index is 12.7. The number of carbonyl (C=O) groups excluding carboxylic acids is 1. The molecule has 37 heavy (non-hydrogen) atoms. The van der Waals surface area contributed by atoms with Gasteiger partial charge in [-0.25, -0.2) is 18.1 Å². The summed E-state index contributed by atoms with van der Waals surface area (Å²) in [4.78, 5) is 19.6. The zero-order chi connectivity index (χ0) is 26.8. The number of aryl methyl sites for hydroxylation is 1. The fourth-order valence-corrected chi connectivity index (χ4v) is 5.88. The predicted molar refractivity (Wildman–Crippen MR) is 136 cm³/mol. The number of sulfonamides is 1. The van der Waals surface area contributed by atoms with Crippen molar-refractivity contribution in [2.45, 2.75) is 44.3 Å². The van der Waals surface area contributed by atoms with Gasteiger partial charge in [-0.1, -0.05) is 35.9 Å². The Bertz CT molecular complexity index is 1360. The molecule has 3 aromatic rings. The molecule has 4 rings (SSSR count). The highest BCUT2D eigenvalue weighted by molar-refractivity contribution is 7.91. The van der Waals surface area contributed by atoms with Crippen molar-refractivity contribution in [1.82, 2.24) is 9.71 Å². The van der Waals surface area contributed by atoms with E-state index >= 15 is 0 Å². The van der Waals surface area contributed by atoms with Gasteiger partial charge in [0.05, 0.1) is 5.25 Å². The molecule has 0 bridgehead atoms. The van der Waals surface area contributed by atoms with Gasteiger partial charge in [-0.3, -0.25) is 4.79 Å². The number of ether oxygens (including phenoxy) is 1. The van der Waals surface area contributed by atoms with E-state index < -0.39 is 27.5 Å². The van der Waals surface area contributed by atoms with Crippen molar-refractivity contribution in [2.24, 2.45) is 0 Å². The molecule has 1 aliphatic carbocycles. The summed E-state index contributed by atoms with van der Waals surface area (Å²) in [6.45, 7) is 2.44. The summed E-state index contributed by atoms with van der Waals surface area (Å²) in [5.74, 6) is -1.11. The number of anilines is 1. The summed E-state index contributed by atoms with van der Waals surface area (Å²) in [5, 5.41) is 0.542. The van der Waals surface area contributed by atoms with Crippen LogP contribution in [0.2, 0.25) is 5.02 Å². The first kappa shape index (κ1) is 27.2. The third-order valence-electron chi connectivity index (χ3n) is 5.58. The van der Waals surface area contributed by atoms with E-state index in [0.717, 1.165) is 5.56 Å². The SMILES string of the molecule is Cc1sc(N(CCc2ccc(Cl)cc2)Cc2ccc(OC(F)(F)F)cc2)nc1C(=O)NS(=O)(=O)C1CC1. The van der Waals surface area contributed by atoms with E-state index in [0.29, 0.717) is 46.4 Å². The minimum Gasteiger partial charge on any atom is -0.406 e. The maximum Gasteiger partial charge on any atom is 0.573 e. The van der Waals surface area contributed by atoms with Gasteiger partial charge in [0.25, 0.3) is 5.91 Å². The Labute approximate surface area is 221 Å². The average molecular weight is 574 g/mol. The summed E-state index contributed by atoms with van der Waals surface area (Å²) >= 11 is 7.20. The third-order valence-corrected chi connectivity index (χ3v) is 8.69. The molecule has 198 valence electrons. The lowest BCUT2D eigenvalue weighted by molar-refractivity contribution is -0.274. The lowest BCUT2D eigenvalue weighted by Gasteiger charge is -2.22. The number of halogens is 4. The summed E-state index contributed by atoms with van der Waals surface area (Å²) in [5.41, 5.74) is 1.72. The summed E-state index contributed by atoms with van der Waals surface area (Å²) in [7, 11) is -3.73. The van der Waals surface area contributed by atoms with Crippen LogP contribution in [0, 0.1) is 6.92 Å². The van der Waals surface area contributed by atoms with Crippen LogP contribution >= 0.6 is 22.9 Å². The van der Waals surface area contributed by atoms with E-state index in [1.54, 1.807) is 19.1 Å². The highest BCUT2D eigenvalue weighted by Crippen LogP contribution is 2.30. The molecule has 0 unspecified atom stereocenters. The van der Waals surface area contributed by atoms with Gasteiger partial charge < -0.3 is 9.64 Å². The summed E-state index contributed by atoms with van der Waals surface area (Å²) in [6, 6.07) is 12.8. The van der Waals surface area contributed by atoms with Crippen LogP contribution in [0.4, 0.5) is 18.3 Å². The second kappa shape index (κ2) is 10.9. The Morgan fingerprint density at radius 2 is 1.76 bits per heavy atom. The number of hydrogen-bond donors (Lipinski definition) is 1. The minimum atomic E-state index is -4.78. The van der Waals surface area contributed by atoms with Crippen LogP contribution in [0.5, 0.6) is 5.75 Å². The number of benzene rings is 2. The molecule has 1 aromatic heterocycles. The monoisotopic (exact) mass is 573 g/mol. The first-order chi connectivity index (χ1) is 17.4. The number of rotatable bonds is 10. The standard InChI is InChI=1S/C24H23ClF3N3O4S2/c1-15-21(22(32)30-37(33,34)20-10-11-20)29-23(36-15)31(13-12-16-2-6-18(25)7-3-16)14-17-4-8-19(9-5-17)35-24(26,27)28/h2-9,20H,10-14H2,1H3,(H,30,32). The second-order valence-corrected chi connectivity index (χ2v) is 12.1. The van der Waals surface area contributed by atoms with Crippen LogP contribution < -0.4 is 14.4 Å². The Morgan fingerprint density at radius 3 is 2.35 bits per heavy atom. The molecule has 1 aliphatic rings. The number of thiazole rings is 1. The van der Waals surface area contributed by atoms with Gasteiger partial charge in [0.2, 0.25) is 10.0 Å². The van der Waals surface area contributed by atoms with E-state index in [-0.39, 0.29) is 18.0 Å².